The number of nitrogens with two attached hydrogens (primary N) is 1. The van der Waals surface area contributed by atoms with E-state index in [0.717, 1.165) is 5.56 Å². The van der Waals surface area contributed by atoms with Crippen molar-refractivity contribution < 1.29 is 14.2 Å². The fraction of sp³-hybridized carbons (Fsp3) is 0.188. The fourth-order valence-electron chi connectivity index (χ4n) is 2.13. The first kappa shape index (κ1) is 18.6. The minimum absolute atomic E-state index is 0. The molecule has 8 heteroatoms. The molecule has 0 saturated carbocycles. The molecular weight excluding hydrogens is 371 g/mol. The van der Waals surface area contributed by atoms with Gasteiger partial charge < -0.3 is 19.9 Å². The molecule has 0 aromatic heterocycles. The second-order valence-corrected chi connectivity index (χ2v) is 6.12. The predicted octanol–water partition coefficient (Wildman–Crippen LogP) is 4.38. The average molecular weight is 387 g/mol. The number of ether oxygens (including phenoxy) is 3. The molecule has 0 fully saturated rings. The van der Waals surface area contributed by atoms with Crippen LogP contribution in [0.4, 0.5) is 5.69 Å². The molecule has 0 atom stereocenters. The lowest BCUT2D eigenvalue weighted by molar-refractivity contribution is 0.174. The number of nitrogens with zero attached hydrogens (tertiary/aromatic N) is 1. The van der Waals surface area contributed by atoms with Gasteiger partial charge in [-0.05, 0) is 29.8 Å². The zero-order valence-corrected chi connectivity index (χ0v) is 15.2. The number of halogens is 2. The van der Waals surface area contributed by atoms with Crippen molar-refractivity contribution in [1.29, 1.82) is 0 Å². The molecule has 1 aliphatic heterocycles. The highest BCUT2D eigenvalue weighted by Gasteiger charge is 2.18. The first-order chi connectivity index (χ1) is 11.2. The van der Waals surface area contributed by atoms with E-state index in [0.29, 0.717) is 38.9 Å². The summed E-state index contributed by atoms with van der Waals surface area (Å²) in [4.78, 5) is 4.38. The Morgan fingerprint density at radius 3 is 2.92 bits per heavy atom. The molecular formula is C16H16Cl2N2O3S. The second-order valence-electron chi connectivity index (χ2n) is 4.72. The zero-order chi connectivity index (χ0) is 16.2. The van der Waals surface area contributed by atoms with Gasteiger partial charge in [0.2, 0.25) is 6.79 Å². The van der Waals surface area contributed by atoms with Gasteiger partial charge in [0.25, 0.3) is 0 Å². The van der Waals surface area contributed by atoms with E-state index < -0.39 is 0 Å². The average Bonchev–Trinajstić information content (AvgIpc) is 3.02. The van der Waals surface area contributed by atoms with Crippen LogP contribution in [0.15, 0.2) is 41.4 Å². The number of hydrogen-bond donors (Lipinski definition) is 1. The van der Waals surface area contributed by atoms with Crippen LogP contribution in [0.3, 0.4) is 0 Å². The molecule has 2 aromatic rings. The molecule has 2 N–H and O–H groups in total. The van der Waals surface area contributed by atoms with Crippen LogP contribution in [0.25, 0.3) is 0 Å². The molecule has 0 unspecified atom stereocenters. The normalized spacial score (nSPS) is 12.7. The molecule has 0 spiro atoms. The summed E-state index contributed by atoms with van der Waals surface area (Å²) in [5.74, 6) is 2.56. The van der Waals surface area contributed by atoms with Crippen molar-refractivity contribution in [2.75, 3.05) is 13.9 Å². The molecule has 0 radical (unpaired) electrons. The number of para-hydroxylation sites is 2. The Kier molecular flexibility index (Phi) is 6.48. The minimum Gasteiger partial charge on any atom is -0.494 e. The smallest absolute Gasteiger partial charge is 0.231 e. The maximum atomic E-state index is 6.17. The number of fused-ring (bicyclic) bond motifs is 1. The lowest BCUT2D eigenvalue weighted by Gasteiger charge is -2.06. The van der Waals surface area contributed by atoms with Crippen LogP contribution in [0.5, 0.6) is 17.2 Å². The van der Waals surface area contributed by atoms with Gasteiger partial charge >= 0.3 is 0 Å². The van der Waals surface area contributed by atoms with Crippen LogP contribution >= 0.6 is 35.8 Å². The molecule has 2 aromatic carbocycles. The summed E-state index contributed by atoms with van der Waals surface area (Å²) in [6, 6.07) is 11.2. The molecule has 0 saturated heterocycles. The van der Waals surface area contributed by atoms with Crippen LogP contribution in [0.1, 0.15) is 5.56 Å². The van der Waals surface area contributed by atoms with Crippen molar-refractivity contribution in [2.24, 2.45) is 10.7 Å². The van der Waals surface area contributed by atoms with Gasteiger partial charge in [-0.3, -0.25) is 0 Å². The Bertz CT molecular complexity index is 756. The number of hydrogen-bond acceptors (Lipinski definition) is 5. The van der Waals surface area contributed by atoms with E-state index in [1.54, 1.807) is 7.11 Å². The highest BCUT2D eigenvalue weighted by Crippen LogP contribution is 2.40. The third-order valence-corrected chi connectivity index (χ3v) is 4.34. The van der Waals surface area contributed by atoms with E-state index >= 15 is 0 Å². The van der Waals surface area contributed by atoms with Crippen LogP contribution in [0.2, 0.25) is 5.02 Å². The maximum Gasteiger partial charge on any atom is 0.231 e. The first-order valence-electron chi connectivity index (χ1n) is 6.85. The third kappa shape index (κ3) is 4.20. The minimum atomic E-state index is 0. The number of amidine groups is 1. The molecule has 128 valence electrons. The van der Waals surface area contributed by atoms with Crippen molar-refractivity contribution in [3.63, 3.8) is 0 Å². The Morgan fingerprint density at radius 2 is 2.12 bits per heavy atom. The zero-order valence-electron chi connectivity index (χ0n) is 12.8. The van der Waals surface area contributed by atoms with Crippen molar-refractivity contribution in [3.05, 3.63) is 47.0 Å². The van der Waals surface area contributed by atoms with Crippen LogP contribution in [-0.2, 0) is 5.75 Å². The third-order valence-electron chi connectivity index (χ3n) is 3.19. The number of rotatable bonds is 4. The van der Waals surface area contributed by atoms with E-state index in [4.69, 9.17) is 31.5 Å². The highest BCUT2D eigenvalue weighted by atomic mass is 35.5. The SMILES string of the molecule is COc1ccccc1N=C(N)SCc1cc(Cl)c2c(c1)OCO2.Cl. The van der Waals surface area contributed by atoms with E-state index in [2.05, 4.69) is 4.99 Å². The lowest BCUT2D eigenvalue weighted by Crippen LogP contribution is -2.06. The summed E-state index contributed by atoms with van der Waals surface area (Å²) in [7, 11) is 1.60. The van der Waals surface area contributed by atoms with Gasteiger partial charge in [-0.1, -0.05) is 35.5 Å². The summed E-state index contributed by atoms with van der Waals surface area (Å²) in [5.41, 5.74) is 7.68. The summed E-state index contributed by atoms with van der Waals surface area (Å²) >= 11 is 7.58. The van der Waals surface area contributed by atoms with Crippen molar-refractivity contribution in [2.45, 2.75) is 5.75 Å². The summed E-state index contributed by atoms with van der Waals surface area (Å²) < 4.78 is 15.9. The molecule has 1 aliphatic rings. The van der Waals surface area contributed by atoms with Gasteiger partial charge in [-0.25, -0.2) is 4.99 Å². The van der Waals surface area contributed by atoms with Gasteiger partial charge in [0, 0.05) is 5.75 Å². The largest absolute Gasteiger partial charge is 0.494 e. The van der Waals surface area contributed by atoms with Crippen LogP contribution < -0.4 is 19.9 Å². The number of aliphatic imine (C=N–C) groups is 1. The summed E-state index contributed by atoms with van der Waals surface area (Å²) in [6.07, 6.45) is 0. The van der Waals surface area contributed by atoms with E-state index in [1.807, 2.05) is 36.4 Å². The maximum absolute atomic E-state index is 6.17. The molecule has 0 aliphatic carbocycles. The molecule has 5 nitrogen and oxygen atoms in total. The topological polar surface area (TPSA) is 66.1 Å². The standard InChI is InChI=1S/C16H15ClN2O3S.ClH/c1-20-13-5-3-2-4-12(13)19-16(18)23-8-10-6-11(17)15-14(7-10)21-9-22-15;/h2-7H,8-9H2,1H3,(H2,18,19);1H. The molecule has 1 heterocycles. The second kappa shape index (κ2) is 8.37. The van der Waals surface area contributed by atoms with Crippen molar-refractivity contribution >= 4 is 46.6 Å². The Labute approximate surface area is 155 Å². The summed E-state index contributed by atoms with van der Waals surface area (Å²) in [6.45, 7) is 0.197. The van der Waals surface area contributed by atoms with Gasteiger partial charge in [-0.15, -0.1) is 12.4 Å². The predicted molar refractivity (Wildman–Crippen MR) is 100 cm³/mol. The Hall–Kier alpha value is -1.76. The number of benzene rings is 2. The quantitative estimate of drug-likeness (QED) is 0.623. The first-order valence-corrected chi connectivity index (χ1v) is 8.21. The molecule has 24 heavy (non-hydrogen) atoms. The lowest BCUT2D eigenvalue weighted by atomic mass is 10.2. The van der Waals surface area contributed by atoms with E-state index in [-0.39, 0.29) is 19.2 Å². The highest BCUT2D eigenvalue weighted by molar-refractivity contribution is 8.13. The molecule has 0 bridgehead atoms. The van der Waals surface area contributed by atoms with E-state index in [9.17, 15) is 0 Å². The van der Waals surface area contributed by atoms with Crippen molar-refractivity contribution in [1.82, 2.24) is 0 Å². The van der Waals surface area contributed by atoms with Crippen LogP contribution in [-0.4, -0.2) is 19.1 Å². The molecule has 3 rings (SSSR count). The van der Waals surface area contributed by atoms with Gasteiger partial charge in [0.15, 0.2) is 16.7 Å². The monoisotopic (exact) mass is 386 g/mol. The fourth-order valence-corrected chi connectivity index (χ4v) is 3.07. The van der Waals surface area contributed by atoms with Crippen LogP contribution in [0, 0.1) is 0 Å². The number of thioether (sulfide) groups is 1. The summed E-state index contributed by atoms with van der Waals surface area (Å²) in [5, 5.41) is 0.985. The Morgan fingerprint density at radius 1 is 1.33 bits per heavy atom. The van der Waals surface area contributed by atoms with E-state index in [1.165, 1.54) is 11.8 Å². The Balaban J connectivity index is 0.00000208. The van der Waals surface area contributed by atoms with Gasteiger partial charge in [0.1, 0.15) is 11.4 Å². The number of methoxy groups -OCH3 is 1. The van der Waals surface area contributed by atoms with Crippen molar-refractivity contribution in [3.8, 4) is 17.2 Å². The van der Waals surface area contributed by atoms with Gasteiger partial charge in [0.05, 0.1) is 12.1 Å². The van der Waals surface area contributed by atoms with Gasteiger partial charge in [-0.2, -0.15) is 0 Å². The molecule has 0 amide bonds.